The average Bonchev–Trinajstić information content (AvgIpc) is 2.79. The van der Waals surface area contributed by atoms with E-state index < -0.39 is 0 Å². The molecule has 1 heterocycles. The molecule has 2 rings (SSSR count). The van der Waals surface area contributed by atoms with Crippen LogP contribution in [0.5, 0.6) is 0 Å². The molecule has 0 amide bonds. The summed E-state index contributed by atoms with van der Waals surface area (Å²) in [5, 5.41) is 3.77. The maximum atomic E-state index is 3.77. The van der Waals surface area contributed by atoms with Gasteiger partial charge in [0.1, 0.15) is 0 Å². The third-order valence-corrected chi connectivity index (χ3v) is 4.94. The first-order valence-electron chi connectivity index (χ1n) is 8.35. The van der Waals surface area contributed by atoms with Crippen LogP contribution in [-0.4, -0.2) is 37.1 Å². The van der Waals surface area contributed by atoms with E-state index in [2.05, 4.69) is 17.1 Å². The van der Waals surface area contributed by atoms with Gasteiger partial charge in [0.2, 0.25) is 0 Å². The highest BCUT2D eigenvalue weighted by Crippen LogP contribution is 2.22. The number of nitrogens with zero attached hydrogens (tertiary/aromatic N) is 1. The summed E-state index contributed by atoms with van der Waals surface area (Å²) in [6.07, 6.45) is 13.1. The summed E-state index contributed by atoms with van der Waals surface area (Å²) in [4.78, 5) is 2.64. The number of nitrogens with one attached hydrogen (secondary N) is 1. The highest BCUT2D eigenvalue weighted by atomic mass is 15.2. The summed E-state index contributed by atoms with van der Waals surface area (Å²) in [6, 6.07) is 0.823. The van der Waals surface area contributed by atoms with E-state index in [1.54, 1.807) is 0 Å². The van der Waals surface area contributed by atoms with Gasteiger partial charge in [0.05, 0.1) is 0 Å². The topological polar surface area (TPSA) is 15.3 Å². The molecule has 2 nitrogen and oxygen atoms in total. The van der Waals surface area contributed by atoms with Crippen molar-refractivity contribution in [1.29, 1.82) is 0 Å². The standard InChI is InChI=1S/C16H32N2/c1-2-18-12-8-11-16(18)14-17-13-15-9-6-4-3-5-7-10-15/h15-17H,2-14H2,1H3. The summed E-state index contributed by atoms with van der Waals surface area (Å²) in [5.41, 5.74) is 0. The quantitative estimate of drug-likeness (QED) is 0.806. The van der Waals surface area contributed by atoms with Crippen LogP contribution in [0.1, 0.15) is 64.7 Å². The number of likely N-dealkylation sites (tertiary alicyclic amines) is 1. The van der Waals surface area contributed by atoms with Crippen molar-refractivity contribution >= 4 is 0 Å². The molecule has 1 aliphatic heterocycles. The smallest absolute Gasteiger partial charge is 0.0220 e. The molecule has 18 heavy (non-hydrogen) atoms. The fourth-order valence-electron chi connectivity index (χ4n) is 3.74. The molecule has 1 saturated carbocycles. The first kappa shape index (κ1) is 14.3. The van der Waals surface area contributed by atoms with Crippen molar-refractivity contribution in [2.45, 2.75) is 70.8 Å². The lowest BCUT2D eigenvalue weighted by Gasteiger charge is -2.25. The van der Waals surface area contributed by atoms with Crippen LogP contribution >= 0.6 is 0 Å². The minimum Gasteiger partial charge on any atom is -0.315 e. The van der Waals surface area contributed by atoms with Crippen LogP contribution in [0.25, 0.3) is 0 Å². The Hall–Kier alpha value is -0.0800. The van der Waals surface area contributed by atoms with Crippen LogP contribution in [0.4, 0.5) is 0 Å². The van der Waals surface area contributed by atoms with E-state index in [0.717, 1.165) is 12.0 Å². The van der Waals surface area contributed by atoms with Gasteiger partial charge in [-0.2, -0.15) is 0 Å². The van der Waals surface area contributed by atoms with Crippen molar-refractivity contribution < 1.29 is 0 Å². The number of rotatable bonds is 5. The van der Waals surface area contributed by atoms with Crippen molar-refractivity contribution in [3.63, 3.8) is 0 Å². The Balaban J connectivity index is 1.61. The van der Waals surface area contributed by atoms with E-state index in [0.29, 0.717) is 0 Å². The summed E-state index contributed by atoms with van der Waals surface area (Å²) in [5.74, 6) is 0.960. The van der Waals surface area contributed by atoms with Crippen LogP contribution in [0.15, 0.2) is 0 Å². The molecule has 106 valence electrons. The van der Waals surface area contributed by atoms with Gasteiger partial charge in [0.25, 0.3) is 0 Å². The average molecular weight is 252 g/mol. The van der Waals surface area contributed by atoms with Crippen LogP contribution in [0.3, 0.4) is 0 Å². The minimum absolute atomic E-state index is 0.823. The molecule has 2 fully saturated rings. The molecule has 1 aliphatic carbocycles. The third kappa shape index (κ3) is 4.55. The second-order valence-corrected chi connectivity index (χ2v) is 6.29. The fraction of sp³-hybridized carbons (Fsp3) is 1.00. The maximum Gasteiger partial charge on any atom is 0.0220 e. The lowest BCUT2D eigenvalue weighted by molar-refractivity contribution is 0.253. The molecule has 1 saturated heterocycles. The van der Waals surface area contributed by atoms with Crippen molar-refractivity contribution in [3.8, 4) is 0 Å². The van der Waals surface area contributed by atoms with Gasteiger partial charge in [-0.05, 0) is 51.2 Å². The molecule has 2 aliphatic rings. The van der Waals surface area contributed by atoms with E-state index in [4.69, 9.17) is 0 Å². The fourth-order valence-corrected chi connectivity index (χ4v) is 3.74. The lowest BCUT2D eigenvalue weighted by atomic mass is 9.91. The van der Waals surface area contributed by atoms with Crippen molar-refractivity contribution in [2.75, 3.05) is 26.2 Å². The van der Waals surface area contributed by atoms with Crippen molar-refractivity contribution in [1.82, 2.24) is 10.2 Å². The van der Waals surface area contributed by atoms with Crippen LogP contribution in [0.2, 0.25) is 0 Å². The second-order valence-electron chi connectivity index (χ2n) is 6.29. The first-order valence-corrected chi connectivity index (χ1v) is 8.35. The molecule has 0 bridgehead atoms. The molecule has 0 radical (unpaired) electrons. The van der Waals surface area contributed by atoms with E-state index in [-0.39, 0.29) is 0 Å². The Morgan fingerprint density at radius 2 is 1.61 bits per heavy atom. The number of likely N-dealkylation sites (N-methyl/N-ethyl adjacent to an activating group) is 1. The van der Waals surface area contributed by atoms with Gasteiger partial charge >= 0.3 is 0 Å². The normalized spacial score (nSPS) is 28.2. The predicted molar refractivity (Wildman–Crippen MR) is 78.9 cm³/mol. The van der Waals surface area contributed by atoms with Crippen LogP contribution in [-0.2, 0) is 0 Å². The minimum atomic E-state index is 0.823. The van der Waals surface area contributed by atoms with Gasteiger partial charge in [0, 0.05) is 12.6 Å². The number of hydrogen-bond acceptors (Lipinski definition) is 2. The Labute approximate surface area is 114 Å². The van der Waals surface area contributed by atoms with E-state index in [9.17, 15) is 0 Å². The molecule has 1 N–H and O–H groups in total. The molecule has 0 aromatic carbocycles. The van der Waals surface area contributed by atoms with Gasteiger partial charge in [0.15, 0.2) is 0 Å². The molecule has 0 aromatic heterocycles. The monoisotopic (exact) mass is 252 g/mol. The lowest BCUT2D eigenvalue weighted by Crippen LogP contribution is -2.39. The summed E-state index contributed by atoms with van der Waals surface area (Å²) in [7, 11) is 0. The van der Waals surface area contributed by atoms with Gasteiger partial charge in [-0.1, -0.05) is 39.0 Å². The Morgan fingerprint density at radius 1 is 0.889 bits per heavy atom. The Kier molecular flexibility index (Phi) is 6.50. The summed E-state index contributed by atoms with van der Waals surface area (Å²) in [6.45, 7) is 7.35. The summed E-state index contributed by atoms with van der Waals surface area (Å²) >= 11 is 0. The van der Waals surface area contributed by atoms with Crippen LogP contribution < -0.4 is 5.32 Å². The molecule has 1 atom stereocenters. The highest BCUT2D eigenvalue weighted by molar-refractivity contribution is 4.80. The van der Waals surface area contributed by atoms with E-state index in [1.807, 2.05) is 0 Å². The Morgan fingerprint density at radius 3 is 2.33 bits per heavy atom. The zero-order valence-corrected chi connectivity index (χ0v) is 12.3. The molecule has 0 spiro atoms. The van der Waals surface area contributed by atoms with Crippen molar-refractivity contribution in [2.24, 2.45) is 5.92 Å². The SMILES string of the molecule is CCN1CCCC1CNCC1CCCCCCC1. The molecule has 0 aromatic rings. The van der Waals surface area contributed by atoms with Gasteiger partial charge in [-0.15, -0.1) is 0 Å². The molecule has 2 heteroatoms. The van der Waals surface area contributed by atoms with Gasteiger partial charge in [-0.3, -0.25) is 4.90 Å². The van der Waals surface area contributed by atoms with E-state index in [1.165, 1.54) is 84.0 Å². The second kappa shape index (κ2) is 8.16. The first-order chi connectivity index (χ1) is 8.90. The van der Waals surface area contributed by atoms with E-state index >= 15 is 0 Å². The molecule has 1 unspecified atom stereocenters. The zero-order chi connectivity index (χ0) is 12.6. The van der Waals surface area contributed by atoms with Crippen molar-refractivity contribution in [3.05, 3.63) is 0 Å². The molecular formula is C16H32N2. The van der Waals surface area contributed by atoms with Gasteiger partial charge in [-0.25, -0.2) is 0 Å². The molecular weight excluding hydrogens is 220 g/mol. The Bertz CT molecular complexity index is 209. The third-order valence-electron chi connectivity index (χ3n) is 4.94. The number of hydrogen-bond donors (Lipinski definition) is 1. The summed E-state index contributed by atoms with van der Waals surface area (Å²) < 4.78 is 0. The zero-order valence-electron chi connectivity index (χ0n) is 12.3. The largest absolute Gasteiger partial charge is 0.315 e. The van der Waals surface area contributed by atoms with Gasteiger partial charge < -0.3 is 5.32 Å². The predicted octanol–water partition coefficient (Wildman–Crippen LogP) is 3.42. The highest BCUT2D eigenvalue weighted by Gasteiger charge is 2.22. The maximum absolute atomic E-state index is 3.77. The van der Waals surface area contributed by atoms with Crippen LogP contribution in [0, 0.1) is 5.92 Å².